The van der Waals surface area contributed by atoms with Crippen molar-refractivity contribution in [1.29, 1.82) is 0 Å². The fourth-order valence-corrected chi connectivity index (χ4v) is 2.59. The van der Waals surface area contributed by atoms with Crippen molar-refractivity contribution in [2.75, 3.05) is 33.5 Å². The molecule has 0 bridgehead atoms. The maximum absolute atomic E-state index is 5.54. The molecule has 0 heterocycles. The number of rotatable bonds is 9. The first-order valence-electron chi connectivity index (χ1n) is 7.16. The molecular formula is C14H29NO2. The molecule has 102 valence electrons. The van der Waals surface area contributed by atoms with E-state index < -0.39 is 0 Å². The van der Waals surface area contributed by atoms with E-state index in [-0.39, 0.29) is 0 Å². The van der Waals surface area contributed by atoms with Crippen molar-refractivity contribution in [2.45, 2.75) is 51.5 Å². The fraction of sp³-hybridized carbons (Fsp3) is 1.00. The van der Waals surface area contributed by atoms with Crippen LogP contribution >= 0.6 is 0 Å². The molecule has 0 aromatic carbocycles. The zero-order chi connectivity index (χ0) is 12.3. The Kier molecular flexibility index (Phi) is 8.67. The average molecular weight is 243 g/mol. The Morgan fingerprint density at radius 1 is 1.18 bits per heavy atom. The largest absolute Gasteiger partial charge is 0.385 e. The van der Waals surface area contributed by atoms with E-state index in [1.807, 2.05) is 0 Å². The second-order valence-electron chi connectivity index (χ2n) is 5.05. The molecule has 1 rings (SSSR count). The summed E-state index contributed by atoms with van der Waals surface area (Å²) in [6.45, 7) is 5.75. The third-order valence-corrected chi connectivity index (χ3v) is 3.68. The van der Waals surface area contributed by atoms with E-state index >= 15 is 0 Å². The van der Waals surface area contributed by atoms with Gasteiger partial charge in [-0.3, -0.25) is 0 Å². The summed E-state index contributed by atoms with van der Waals surface area (Å²) in [4.78, 5) is 0. The number of ether oxygens (including phenoxy) is 2. The van der Waals surface area contributed by atoms with Gasteiger partial charge in [0, 0.05) is 32.9 Å². The SMILES string of the molecule is CCC1CCCC(NCCOCCCOC)C1. The summed E-state index contributed by atoms with van der Waals surface area (Å²) in [6.07, 6.45) is 7.87. The Morgan fingerprint density at radius 3 is 2.82 bits per heavy atom. The minimum absolute atomic E-state index is 0.733. The van der Waals surface area contributed by atoms with Gasteiger partial charge in [0.2, 0.25) is 0 Å². The standard InChI is InChI=1S/C14H29NO2/c1-3-13-6-4-7-14(12-13)15-8-11-17-10-5-9-16-2/h13-15H,3-12H2,1-2H3. The van der Waals surface area contributed by atoms with Crippen LogP contribution in [0.15, 0.2) is 0 Å². The number of nitrogens with one attached hydrogen (secondary N) is 1. The summed E-state index contributed by atoms with van der Waals surface area (Å²) in [5.41, 5.74) is 0. The molecule has 1 aliphatic rings. The highest BCUT2D eigenvalue weighted by Crippen LogP contribution is 2.26. The van der Waals surface area contributed by atoms with Gasteiger partial charge in [-0.15, -0.1) is 0 Å². The Bertz CT molecular complexity index is 176. The number of hydrogen-bond acceptors (Lipinski definition) is 3. The highest BCUT2D eigenvalue weighted by Gasteiger charge is 2.19. The summed E-state index contributed by atoms with van der Waals surface area (Å²) >= 11 is 0. The van der Waals surface area contributed by atoms with E-state index in [0.717, 1.165) is 44.7 Å². The molecule has 0 saturated heterocycles. The first-order chi connectivity index (χ1) is 8.36. The highest BCUT2D eigenvalue weighted by atomic mass is 16.5. The van der Waals surface area contributed by atoms with E-state index in [4.69, 9.17) is 9.47 Å². The van der Waals surface area contributed by atoms with Gasteiger partial charge >= 0.3 is 0 Å². The normalized spacial score (nSPS) is 25.1. The quantitative estimate of drug-likeness (QED) is 0.631. The molecule has 3 heteroatoms. The van der Waals surface area contributed by atoms with Crippen LogP contribution in [0.2, 0.25) is 0 Å². The molecular weight excluding hydrogens is 214 g/mol. The Hall–Kier alpha value is -0.120. The minimum Gasteiger partial charge on any atom is -0.385 e. The van der Waals surface area contributed by atoms with Crippen LogP contribution in [0.25, 0.3) is 0 Å². The summed E-state index contributed by atoms with van der Waals surface area (Å²) < 4.78 is 10.5. The monoisotopic (exact) mass is 243 g/mol. The van der Waals surface area contributed by atoms with Gasteiger partial charge in [-0.1, -0.05) is 26.2 Å². The van der Waals surface area contributed by atoms with Crippen molar-refractivity contribution in [1.82, 2.24) is 5.32 Å². The van der Waals surface area contributed by atoms with Crippen molar-refractivity contribution in [3.63, 3.8) is 0 Å². The molecule has 0 spiro atoms. The molecule has 2 atom stereocenters. The van der Waals surface area contributed by atoms with Gasteiger partial charge in [0.05, 0.1) is 6.61 Å². The zero-order valence-corrected chi connectivity index (χ0v) is 11.5. The van der Waals surface area contributed by atoms with Gasteiger partial charge in [0.15, 0.2) is 0 Å². The summed E-state index contributed by atoms with van der Waals surface area (Å²) in [5.74, 6) is 0.948. The topological polar surface area (TPSA) is 30.5 Å². The van der Waals surface area contributed by atoms with Gasteiger partial charge in [-0.25, -0.2) is 0 Å². The van der Waals surface area contributed by atoms with Crippen LogP contribution in [0.3, 0.4) is 0 Å². The maximum Gasteiger partial charge on any atom is 0.0591 e. The van der Waals surface area contributed by atoms with Crippen LogP contribution in [0.1, 0.15) is 45.4 Å². The predicted octanol–water partition coefficient (Wildman–Crippen LogP) is 2.60. The van der Waals surface area contributed by atoms with Gasteiger partial charge in [0.25, 0.3) is 0 Å². The van der Waals surface area contributed by atoms with Crippen molar-refractivity contribution >= 4 is 0 Å². The third kappa shape index (κ3) is 7.02. The number of methoxy groups -OCH3 is 1. The molecule has 1 N–H and O–H groups in total. The Balaban J connectivity index is 1.91. The summed E-state index contributed by atoms with van der Waals surface area (Å²) in [6, 6.07) is 0.733. The fourth-order valence-electron chi connectivity index (χ4n) is 2.59. The molecule has 0 aromatic heterocycles. The highest BCUT2D eigenvalue weighted by molar-refractivity contribution is 4.77. The Labute approximate surface area is 106 Å². The molecule has 1 aliphatic carbocycles. The molecule has 17 heavy (non-hydrogen) atoms. The van der Waals surface area contributed by atoms with E-state index in [2.05, 4.69) is 12.2 Å². The van der Waals surface area contributed by atoms with Crippen LogP contribution < -0.4 is 5.32 Å². The van der Waals surface area contributed by atoms with E-state index in [9.17, 15) is 0 Å². The van der Waals surface area contributed by atoms with Crippen molar-refractivity contribution in [2.24, 2.45) is 5.92 Å². The third-order valence-electron chi connectivity index (χ3n) is 3.68. The molecule has 0 aliphatic heterocycles. The molecule has 0 amide bonds. The van der Waals surface area contributed by atoms with Crippen molar-refractivity contribution < 1.29 is 9.47 Å². The lowest BCUT2D eigenvalue weighted by molar-refractivity contribution is 0.101. The van der Waals surface area contributed by atoms with Crippen LogP contribution in [0.4, 0.5) is 0 Å². The van der Waals surface area contributed by atoms with E-state index in [1.165, 1.54) is 32.1 Å². The molecule has 3 nitrogen and oxygen atoms in total. The molecule has 0 radical (unpaired) electrons. The van der Waals surface area contributed by atoms with Crippen LogP contribution in [0.5, 0.6) is 0 Å². The molecule has 1 saturated carbocycles. The van der Waals surface area contributed by atoms with Gasteiger partial charge in [-0.05, 0) is 25.2 Å². The van der Waals surface area contributed by atoms with Crippen LogP contribution in [-0.2, 0) is 9.47 Å². The molecule has 1 fully saturated rings. The van der Waals surface area contributed by atoms with E-state index in [1.54, 1.807) is 7.11 Å². The smallest absolute Gasteiger partial charge is 0.0591 e. The Morgan fingerprint density at radius 2 is 2.06 bits per heavy atom. The summed E-state index contributed by atoms with van der Waals surface area (Å²) in [5, 5.41) is 3.62. The lowest BCUT2D eigenvalue weighted by Gasteiger charge is -2.29. The lowest BCUT2D eigenvalue weighted by atomic mass is 9.84. The molecule has 2 unspecified atom stereocenters. The van der Waals surface area contributed by atoms with Crippen molar-refractivity contribution in [3.8, 4) is 0 Å². The minimum atomic E-state index is 0.733. The van der Waals surface area contributed by atoms with Crippen molar-refractivity contribution in [3.05, 3.63) is 0 Å². The molecule has 0 aromatic rings. The summed E-state index contributed by atoms with van der Waals surface area (Å²) in [7, 11) is 1.73. The van der Waals surface area contributed by atoms with Crippen LogP contribution in [0, 0.1) is 5.92 Å². The first-order valence-corrected chi connectivity index (χ1v) is 7.16. The van der Waals surface area contributed by atoms with Gasteiger partial charge in [-0.2, -0.15) is 0 Å². The van der Waals surface area contributed by atoms with Gasteiger partial charge < -0.3 is 14.8 Å². The second kappa shape index (κ2) is 9.86. The lowest BCUT2D eigenvalue weighted by Crippen LogP contribution is -2.36. The average Bonchev–Trinajstić information content (AvgIpc) is 2.38. The van der Waals surface area contributed by atoms with Crippen LogP contribution in [-0.4, -0.2) is 39.5 Å². The zero-order valence-electron chi connectivity index (χ0n) is 11.5. The number of hydrogen-bond donors (Lipinski definition) is 1. The maximum atomic E-state index is 5.54. The van der Waals surface area contributed by atoms with Gasteiger partial charge in [0.1, 0.15) is 0 Å². The second-order valence-corrected chi connectivity index (χ2v) is 5.05. The predicted molar refractivity (Wildman–Crippen MR) is 71.4 cm³/mol. The first kappa shape index (κ1) is 14.9. The van der Waals surface area contributed by atoms with E-state index in [0.29, 0.717) is 0 Å².